The number of nitrogens with two attached hydrogens (primary N) is 1. The number of rotatable bonds is 5. The first-order valence-corrected chi connectivity index (χ1v) is 8.54. The van der Waals surface area contributed by atoms with E-state index in [9.17, 15) is 8.42 Å². The largest absolute Gasteiger partial charge is 0.326 e. The molecule has 0 radical (unpaired) electrons. The molecule has 1 aromatic rings. The summed E-state index contributed by atoms with van der Waals surface area (Å²) in [4.78, 5) is 0.375. The van der Waals surface area contributed by atoms with Crippen molar-refractivity contribution >= 4 is 21.6 Å². The normalized spacial score (nSPS) is 12.7. The highest BCUT2D eigenvalue weighted by Crippen LogP contribution is 2.24. The summed E-state index contributed by atoms with van der Waals surface area (Å²) in [5.41, 5.74) is 6.37. The highest BCUT2D eigenvalue weighted by Gasteiger charge is 2.17. The summed E-state index contributed by atoms with van der Waals surface area (Å²) in [6.07, 6.45) is 0. The van der Waals surface area contributed by atoms with Crippen LogP contribution in [0.15, 0.2) is 29.2 Å². The summed E-state index contributed by atoms with van der Waals surface area (Å²) < 4.78 is 24.4. The Morgan fingerprint density at radius 2 is 1.94 bits per heavy atom. The predicted molar refractivity (Wildman–Crippen MR) is 78.6 cm³/mol. The molecule has 0 amide bonds. The van der Waals surface area contributed by atoms with E-state index >= 15 is 0 Å². The Bertz CT molecular complexity index is 490. The van der Waals surface area contributed by atoms with Gasteiger partial charge in [0, 0.05) is 17.0 Å². The van der Waals surface area contributed by atoms with Gasteiger partial charge in [0.05, 0.1) is 10.6 Å². The predicted octanol–water partition coefficient (Wildman–Crippen LogP) is 2.45. The maximum Gasteiger partial charge on any atom is 0.179 e. The van der Waals surface area contributed by atoms with Crippen LogP contribution >= 0.6 is 11.8 Å². The van der Waals surface area contributed by atoms with Crippen molar-refractivity contribution in [2.45, 2.75) is 37.0 Å². The molecular weight excluding hydrogens is 266 g/mol. The van der Waals surface area contributed by atoms with E-state index in [4.69, 9.17) is 5.73 Å². The van der Waals surface area contributed by atoms with Crippen molar-refractivity contribution in [1.82, 2.24) is 0 Å². The Morgan fingerprint density at radius 1 is 1.28 bits per heavy atom. The smallest absolute Gasteiger partial charge is 0.179 e. The van der Waals surface area contributed by atoms with Crippen LogP contribution in [0.4, 0.5) is 0 Å². The van der Waals surface area contributed by atoms with Gasteiger partial charge in [0.1, 0.15) is 0 Å². The van der Waals surface area contributed by atoms with Crippen molar-refractivity contribution < 1.29 is 8.42 Å². The zero-order chi connectivity index (χ0) is 13.8. The fourth-order valence-electron chi connectivity index (χ4n) is 1.44. The first-order valence-electron chi connectivity index (χ1n) is 5.90. The third-order valence-electron chi connectivity index (χ3n) is 2.38. The zero-order valence-corrected chi connectivity index (χ0v) is 12.8. The molecule has 18 heavy (non-hydrogen) atoms. The molecule has 3 nitrogen and oxygen atoms in total. The quantitative estimate of drug-likeness (QED) is 0.903. The standard InChI is InChI=1S/C13H21NO2S2/c1-13(2,3)17-7-8-18(15,16)12-6-4-5-11(9-12)10-14/h4-6,9H,7-8,10,14H2,1-3H3. The van der Waals surface area contributed by atoms with Crippen molar-refractivity contribution in [3.63, 3.8) is 0 Å². The van der Waals surface area contributed by atoms with Crippen molar-refractivity contribution in [2.24, 2.45) is 5.73 Å². The van der Waals surface area contributed by atoms with Crippen molar-refractivity contribution in [3.8, 4) is 0 Å². The van der Waals surface area contributed by atoms with Crippen LogP contribution in [-0.2, 0) is 16.4 Å². The first-order chi connectivity index (χ1) is 8.24. The fourth-order valence-corrected chi connectivity index (χ4v) is 4.12. The topological polar surface area (TPSA) is 60.2 Å². The minimum atomic E-state index is -3.19. The lowest BCUT2D eigenvalue weighted by atomic mass is 10.2. The lowest BCUT2D eigenvalue weighted by molar-refractivity contribution is 0.597. The summed E-state index contributed by atoms with van der Waals surface area (Å²) in [5.74, 6) is 0.779. The van der Waals surface area contributed by atoms with E-state index in [0.29, 0.717) is 17.2 Å². The summed E-state index contributed by atoms with van der Waals surface area (Å²) in [7, 11) is -3.19. The van der Waals surface area contributed by atoms with Crippen LogP contribution in [0.5, 0.6) is 0 Å². The van der Waals surface area contributed by atoms with Crippen LogP contribution in [0, 0.1) is 0 Å². The molecule has 2 N–H and O–H groups in total. The van der Waals surface area contributed by atoms with E-state index in [1.165, 1.54) is 0 Å². The molecule has 0 aliphatic heterocycles. The van der Waals surface area contributed by atoms with Crippen LogP contribution in [0.3, 0.4) is 0 Å². The van der Waals surface area contributed by atoms with Gasteiger partial charge < -0.3 is 5.73 Å². The van der Waals surface area contributed by atoms with Gasteiger partial charge in [-0.3, -0.25) is 0 Å². The van der Waals surface area contributed by atoms with Gasteiger partial charge in [0.2, 0.25) is 0 Å². The van der Waals surface area contributed by atoms with Crippen molar-refractivity contribution in [3.05, 3.63) is 29.8 Å². The summed E-state index contributed by atoms with van der Waals surface area (Å²) in [6, 6.07) is 6.88. The summed E-state index contributed by atoms with van der Waals surface area (Å²) >= 11 is 1.66. The Kier molecular flexibility index (Phi) is 5.25. The monoisotopic (exact) mass is 287 g/mol. The molecule has 0 aromatic heterocycles. The van der Waals surface area contributed by atoms with E-state index in [0.717, 1.165) is 5.56 Å². The van der Waals surface area contributed by atoms with Gasteiger partial charge in [-0.25, -0.2) is 8.42 Å². The molecule has 0 saturated carbocycles. The minimum absolute atomic E-state index is 0.0919. The van der Waals surface area contributed by atoms with Gasteiger partial charge in [0.15, 0.2) is 9.84 Å². The Hall–Kier alpha value is -0.520. The van der Waals surface area contributed by atoms with Crippen LogP contribution in [-0.4, -0.2) is 24.7 Å². The Labute approximate surface area is 114 Å². The van der Waals surface area contributed by atoms with E-state index in [2.05, 4.69) is 20.8 Å². The maximum absolute atomic E-state index is 12.1. The molecule has 0 atom stereocenters. The Morgan fingerprint density at radius 3 is 2.50 bits per heavy atom. The zero-order valence-electron chi connectivity index (χ0n) is 11.1. The third-order valence-corrected chi connectivity index (χ3v) is 5.63. The lowest BCUT2D eigenvalue weighted by Gasteiger charge is -2.17. The molecule has 102 valence electrons. The van der Waals surface area contributed by atoms with Crippen molar-refractivity contribution in [1.29, 1.82) is 0 Å². The number of sulfone groups is 1. The fraction of sp³-hybridized carbons (Fsp3) is 0.538. The van der Waals surface area contributed by atoms with Crippen LogP contribution < -0.4 is 5.73 Å². The van der Waals surface area contributed by atoms with Crippen LogP contribution in [0.25, 0.3) is 0 Å². The summed E-state index contributed by atoms with van der Waals surface area (Å²) in [5, 5.41) is 0. The molecule has 0 aliphatic carbocycles. The number of hydrogen-bond donors (Lipinski definition) is 1. The maximum atomic E-state index is 12.1. The molecule has 0 heterocycles. The molecule has 0 spiro atoms. The van der Waals surface area contributed by atoms with Gasteiger partial charge in [-0.05, 0) is 17.7 Å². The number of benzene rings is 1. The van der Waals surface area contributed by atoms with E-state index in [1.54, 1.807) is 30.0 Å². The third kappa shape index (κ3) is 5.00. The molecule has 1 aromatic carbocycles. The SMILES string of the molecule is CC(C)(C)SCCS(=O)(=O)c1cccc(CN)c1. The van der Waals surface area contributed by atoms with Gasteiger partial charge in [-0.2, -0.15) is 11.8 Å². The highest BCUT2D eigenvalue weighted by molar-refractivity contribution is 8.01. The van der Waals surface area contributed by atoms with Crippen LogP contribution in [0.2, 0.25) is 0 Å². The molecule has 0 bridgehead atoms. The van der Waals surface area contributed by atoms with Crippen LogP contribution in [0.1, 0.15) is 26.3 Å². The minimum Gasteiger partial charge on any atom is -0.326 e. The average molecular weight is 287 g/mol. The van der Waals surface area contributed by atoms with E-state index in [-0.39, 0.29) is 10.5 Å². The lowest BCUT2D eigenvalue weighted by Crippen LogP contribution is -2.14. The van der Waals surface area contributed by atoms with Gasteiger partial charge in [-0.1, -0.05) is 32.9 Å². The molecule has 0 aliphatic rings. The number of hydrogen-bond acceptors (Lipinski definition) is 4. The first kappa shape index (κ1) is 15.5. The van der Waals surface area contributed by atoms with Gasteiger partial charge >= 0.3 is 0 Å². The molecule has 0 fully saturated rings. The van der Waals surface area contributed by atoms with Gasteiger partial charge in [0.25, 0.3) is 0 Å². The second kappa shape index (κ2) is 6.08. The molecule has 1 rings (SSSR count). The Balaban J connectivity index is 2.74. The van der Waals surface area contributed by atoms with Gasteiger partial charge in [-0.15, -0.1) is 0 Å². The molecular formula is C13H21NO2S2. The second-order valence-electron chi connectivity index (χ2n) is 5.13. The highest BCUT2D eigenvalue weighted by atomic mass is 32.2. The summed E-state index contributed by atoms with van der Waals surface area (Å²) in [6.45, 7) is 6.61. The molecule has 0 unspecified atom stereocenters. The van der Waals surface area contributed by atoms with E-state index < -0.39 is 9.84 Å². The van der Waals surface area contributed by atoms with Crippen molar-refractivity contribution in [2.75, 3.05) is 11.5 Å². The van der Waals surface area contributed by atoms with E-state index in [1.807, 2.05) is 6.07 Å². The molecule has 5 heteroatoms. The average Bonchev–Trinajstić information content (AvgIpc) is 2.27. The molecule has 0 saturated heterocycles. The number of thioether (sulfide) groups is 1. The second-order valence-corrected chi connectivity index (χ2v) is 9.16.